The van der Waals surface area contributed by atoms with Crippen molar-refractivity contribution in [2.75, 3.05) is 24.7 Å². The van der Waals surface area contributed by atoms with Crippen molar-refractivity contribution in [3.05, 3.63) is 64.3 Å². The van der Waals surface area contributed by atoms with Crippen LogP contribution in [-0.2, 0) is 18.8 Å². The number of hydrogen-bond acceptors (Lipinski definition) is 8. The molecule has 0 unspecified atom stereocenters. The number of nitrogens with one attached hydrogen (secondary N) is 3. The minimum atomic E-state index is -4.69. The number of carbonyl (C=O) groups excluding carboxylic acids is 1. The zero-order chi connectivity index (χ0) is 29.9. The molecule has 4 heterocycles. The number of aromatic amines is 1. The van der Waals surface area contributed by atoms with Crippen molar-refractivity contribution < 1.29 is 27.3 Å². The number of nitrogens with zero attached hydrogens (tertiary/aromatic N) is 5. The number of pyridine rings is 1. The highest BCUT2D eigenvalue weighted by molar-refractivity contribution is 6.36. The van der Waals surface area contributed by atoms with Gasteiger partial charge in [0.15, 0.2) is 22.8 Å². The van der Waals surface area contributed by atoms with Gasteiger partial charge in [0.05, 0.1) is 24.3 Å². The first kappa shape index (κ1) is 28.0. The second-order valence-corrected chi connectivity index (χ2v) is 10.2. The van der Waals surface area contributed by atoms with Gasteiger partial charge in [0.25, 0.3) is 5.91 Å². The predicted octanol–water partition coefficient (Wildman–Crippen LogP) is 4.29. The molecule has 0 aliphatic carbocycles. The summed E-state index contributed by atoms with van der Waals surface area (Å²) in [5.74, 6) is 0.502. The molecule has 0 bridgehead atoms. The lowest BCUT2D eigenvalue weighted by Gasteiger charge is -2.30. The van der Waals surface area contributed by atoms with E-state index < -0.39 is 23.2 Å². The summed E-state index contributed by atoms with van der Waals surface area (Å²) >= 11 is 6.70. The Balaban J connectivity index is 1.54. The molecule has 3 aromatic heterocycles. The predicted molar refractivity (Wildman–Crippen MR) is 146 cm³/mol. The Morgan fingerprint density at radius 3 is 2.61 bits per heavy atom. The fourth-order valence-electron chi connectivity index (χ4n) is 4.84. The minimum absolute atomic E-state index is 0.0218. The van der Waals surface area contributed by atoms with E-state index in [2.05, 4.69) is 30.6 Å². The molecule has 0 saturated carbocycles. The van der Waals surface area contributed by atoms with E-state index in [-0.39, 0.29) is 39.3 Å². The molecule has 0 saturated heterocycles. The van der Waals surface area contributed by atoms with Gasteiger partial charge in [-0.05, 0) is 26.0 Å². The highest BCUT2D eigenvalue weighted by Crippen LogP contribution is 2.46. The van der Waals surface area contributed by atoms with Crippen LogP contribution in [0.2, 0.25) is 5.02 Å². The number of nitrogens with two attached hydrogens (primary N) is 1. The van der Waals surface area contributed by atoms with Gasteiger partial charge in [-0.2, -0.15) is 13.2 Å². The summed E-state index contributed by atoms with van der Waals surface area (Å²) in [5.41, 5.74) is 4.81. The molecule has 5 N–H and O–H groups in total. The molecule has 0 atom stereocenters. The molecular formula is C26H26ClF3N9O2+. The summed E-state index contributed by atoms with van der Waals surface area (Å²) in [6.07, 6.45) is 0.881. The van der Waals surface area contributed by atoms with E-state index in [1.807, 2.05) is 0 Å². The number of H-pyrrole nitrogens is 1. The number of rotatable bonds is 6. The number of hydrogen-bond donors (Lipinski definition) is 4. The van der Waals surface area contributed by atoms with Gasteiger partial charge in [-0.25, -0.2) is 29.8 Å². The molecular weight excluding hydrogens is 563 g/mol. The van der Waals surface area contributed by atoms with E-state index >= 15 is 0 Å². The van der Waals surface area contributed by atoms with Crippen LogP contribution in [0.4, 0.5) is 30.6 Å². The van der Waals surface area contributed by atoms with Crippen molar-refractivity contribution in [1.29, 1.82) is 0 Å². The largest absolute Gasteiger partial charge is 0.450 e. The second-order valence-electron chi connectivity index (χ2n) is 9.80. The number of carbonyl (C=O) groups is 1. The quantitative estimate of drug-likeness (QED) is 0.193. The maximum Gasteiger partial charge on any atom is 0.416 e. The summed E-state index contributed by atoms with van der Waals surface area (Å²) in [6.45, 7) is 3.17. The number of benzene rings is 1. The lowest BCUT2D eigenvalue weighted by Crippen LogP contribution is -2.36. The van der Waals surface area contributed by atoms with Gasteiger partial charge in [-0.3, -0.25) is 4.79 Å². The first-order chi connectivity index (χ1) is 19.3. The third-order valence-corrected chi connectivity index (χ3v) is 7.46. The van der Waals surface area contributed by atoms with Crippen molar-refractivity contribution in [3.63, 3.8) is 0 Å². The van der Waals surface area contributed by atoms with Gasteiger partial charge in [0.2, 0.25) is 5.65 Å². The van der Waals surface area contributed by atoms with E-state index in [4.69, 9.17) is 22.1 Å². The number of alkyl halides is 3. The third-order valence-electron chi connectivity index (χ3n) is 7.10. The minimum Gasteiger partial charge on any atom is -0.450 e. The van der Waals surface area contributed by atoms with Gasteiger partial charge in [-0.1, -0.05) is 11.6 Å². The first-order valence-corrected chi connectivity index (χ1v) is 12.6. The number of aromatic nitrogens is 5. The summed E-state index contributed by atoms with van der Waals surface area (Å²) < 4.78 is 50.0. The summed E-state index contributed by atoms with van der Waals surface area (Å²) in [5, 5.41) is 6.00. The van der Waals surface area contributed by atoms with Crippen molar-refractivity contribution in [2.24, 2.45) is 12.8 Å². The maximum atomic E-state index is 14.2. The molecule has 4 aromatic rings. The number of anilines is 3. The Bertz CT molecular complexity index is 1730. The highest BCUT2D eigenvalue weighted by Gasteiger charge is 2.48. The molecule has 1 aliphatic heterocycles. The number of aryl methyl sites for hydroxylation is 1. The second kappa shape index (κ2) is 9.80. The topological polar surface area (TPSA) is 138 Å². The fourth-order valence-corrected chi connectivity index (χ4v) is 5.14. The van der Waals surface area contributed by atoms with Crippen LogP contribution in [0.1, 0.15) is 41.0 Å². The molecule has 1 aromatic carbocycles. The monoisotopic (exact) mass is 588 g/mol. The molecule has 214 valence electrons. The average Bonchev–Trinajstić information content (AvgIpc) is 3.33. The van der Waals surface area contributed by atoms with E-state index in [1.54, 1.807) is 32.5 Å². The average molecular weight is 589 g/mol. The summed E-state index contributed by atoms with van der Waals surface area (Å²) in [7, 11) is 4.79. The van der Waals surface area contributed by atoms with Crippen molar-refractivity contribution in [1.82, 2.24) is 24.8 Å². The van der Waals surface area contributed by atoms with E-state index in [0.29, 0.717) is 22.7 Å². The third kappa shape index (κ3) is 4.53. The number of imidazole rings is 1. The van der Waals surface area contributed by atoms with Crippen LogP contribution in [0.15, 0.2) is 36.9 Å². The van der Waals surface area contributed by atoms with Crippen LogP contribution >= 0.6 is 11.6 Å². The standard InChI is InChI=1S/C26H25ClF3N9O2/c1-25(2)17-13(23(40)39(25)5)8-12(9-14(17)26(28,29)30)36-24-37-22-20(38(24)4)18(27)16(11-35-22)41-15(10-31)19-21(32-3)34-7-6-33-19/h6-11H,1-5H3,(H4,31,32,33,34,35,36,37)/p+1. The zero-order valence-corrected chi connectivity index (χ0v) is 23.4. The van der Waals surface area contributed by atoms with E-state index in [9.17, 15) is 18.0 Å². The van der Waals surface area contributed by atoms with Crippen LogP contribution in [0.25, 0.3) is 16.9 Å². The van der Waals surface area contributed by atoms with Gasteiger partial charge in [-0.15, -0.1) is 0 Å². The molecule has 5 rings (SSSR count). The van der Waals surface area contributed by atoms with E-state index in [1.165, 1.54) is 42.8 Å². The van der Waals surface area contributed by atoms with Crippen LogP contribution in [0.5, 0.6) is 5.75 Å². The number of ether oxygens (including phenoxy) is 1. The van der Waals surface area contributed by atoms with Crippen molar-refractivity contribution in [3.8, 4) is 5.75 Å². The molecule has 15 heteroatoms. The highest BCUT2D eigenvalue weighted by atomic mass is 35.5. The lowest BCUT2D eigenvalue weighted by atomic mass is 9.88. The molecule has 11 nitrogen and oxygen atoms in total. The van der Waals surface area contributed by atoms with Gasteiger partial charge in [0.1, 0.15) is 16.4 Å². The maximum absolute atomic E-state index is 14.2. The van der Waals surface area contributed by atoms with Gasteiger partial charge in [0, 0.05) is 43.8 Å². The fraction of sp³-hybridized carbons (Fsp3) is 0.269. The smallest absolute Gasteiger partial charge is 0.416 e. The van der Waals surface area contributed by atoms with Crippen LogP contribution in [-0.4, -0.2) is 44.8 Å². The molecule has 0 radical (unpaired) electrons. The van der Waals surface area contributed by atoms with Crippen LogP contribution in [0, 0.1) is 0 Å². The Morgan fingerprint density at radius 1 is 1.24 bits per heavy atom. The normalized spacial score (nSPS) is 14.9. The Hall–Kier alpha value is -4.59. The Kier molecular flexibility index (Phi) is 6.68. The summed E-state index contributed by atoms with van der Waals surface area (Å²) in [6, 6.07) is 2.40. The number of halogens is 4. The van der Waals surface area contributed by atoms with E-state index in [0.717, 1.165) is 6.07 Å². The Morgan fingerprint density at radius 2 is 1.95 bits per heavy atom. The Labute approximate surface area is 237 Å². The van der Waals surface area contributed by atoms with Crippen LogP contribution in [0.3, 0.4) is 0 Å². The van der Waals surface area contributed by atoms with Crippen LogP contribution < -0.4 is 25.7 Å². The number of amides is 1. The zero-order valence-electron chi connectivity index (χ0n) is 22.6. The molecule has 0 fully saturated rings. The SMILES string of the molecule is CNc1nccnc1/C(=C\N)Oc1cnc2[nH]c(Nc3cc4c(c(C(F)(F)F)c3)C(C)(C)N(C)C4=O)[n+](C)c2c1Cl. The molecule has 1 aliphatic rings. The summed E-state index contributed by atoms with van der Waals surface area (Å²) in [4.78, 5) is 30.0. The molecule has 0 spiro atoms. The van der Waals surface area contributed by atoms with Gasteiger partial charge < -0.3 is 20.7 Å². The van der Waals surface area contributed by atoms with Crippen molar-refractivity contribution >= 4 is 51.9 Å². The molecule has 41 heavy (non-hydrogen) atoms. The van der Waals surface area contributed by atoms with Crippen molar-refractivity contribution in [2.45, 2.75) is 25.6 Å². The molecule has 1 amide bonds. The number of fused-ring (bicyclic) bond motifs is 2. The first-order valence-electron chi connectivity index (χ1n) is 12.3. The van der Waals surface area contributed by atoms with Gasteiger partial charge >= 0.3 is 12.1 Å². The lowest BCUT2D eigenvalue weighted by molar-refractivity contribution is -0.629.